The van der Waals surface area contributed by atoms with E-state index in [2.05, 4.69) is 22.0 Å². The number of carbonyl (C=O) groups is 2. The van der Waals surface area contributed by atoms with Gasteiger partial charge in [0.15, 0.2) is 0 Å². The van der Waals surface area contributed by atoms with Crippen molar-refractivity contribution in [1.29, 1.82) is 0 Å². The number of amides is 1. The van der Waals surface area contributed by atoms with Crippen LogP contribution in [-0.4, -0.2) is 60.9 Å². The number of hydrogen-bond acceptors (Lipinski definition) is 7. The molecule has 1 saturated heterocycles. The standard InChI is InChI=1S/C34H42ClN3O5/c1-7-42-32(39)27-19-30(35)31(36-20-27)37-17-16-26(29(22-37)24-12-9-8-10-13-24)21-38(33(40)43-34(3,4)5)23(2)25-14-11-15-28(18-25)41-6/h8-15,18-20,23,26,29H,7,16-17,21-22H2,1-6H3/t23-,26?,29?/m1/s1. The number of rotatable bonds is 9. The highest BCUT2D eigenvalue weighted by Crippen LogP contribution is 2.38. The fourth-order valence-electron chi connectivity index (χ4n) is 5.52. The molecule has 0 aliphatic carbocycles. The number of aromatic nitrogens is 1. The van der Waals surface area contributed by atoms with Gasteiger partial charge in [0, 0.05) is 31.7 Å². The van der Waals surface area contributed by atoms with E-state index in [1.807, 2.05) is 75.1 Å². The molecule has 4 rings (SSSR count). The van der Waals surface area contributed by atoms with Gasteiger partial charge >= 0.3 is 12.1 Å². The van der Waals surface area contributed by atoms with E-state index >= 15 is 0 Å². The molecule has 0 saturated carbocycles. The van der Waals surface area contributed by atoms with Crippen LogP contribution in [0.15, 0.2) is 66.9 Å². The van der Waals surface area contributed by atoms with Crippen LogP contribution in [-0.2, 0) is 9.47 Å². The molecule has 0 bridgehead atoms. The summed E-state index contributed by atoms with van der Waals surface area (Å²) >= 11 is 6.67. The normalized spacial score (nSPS) is 17.6. The molecule has 43 heavy (non-hydrogen) atoms. The van der Waals surface area contributed by atoms with E-state index in [0.717, 1.165) is 17.7 Å². The molecular weight excluding hydrogens is 566 g/mol. The maximum Gasteiger partial charge on any atom is 0.410 e. The number of piperidine rings is 1. The van der Waals surface area contributed by atoms with Gasteiger partial charge in [-0.3, -0.25) is 0 Å². The largest absolute Gasteiger partial charge is 0.497 e. The molecule has 8 nitrogen and oxygen atoms in total. The monoisotopic (exact) mass is 607 g/mol. The number of hydrogen-bond donors (Lipinski definition) is 0. The van der Waals surface area contributed by atoms with Gasteiger partial charge < -0.3 is 24.0 Å². The summed E-state index contributed by atoms with van der Waals surface area (Å²) in [5, 5.41) is 0.401. The van der Waals surface area contributed by atoms with E-state index in [-0.39, 0.29) is 30.6 Å². The summed E-state index contributed by atoms with van der Waals surface area (Å²) in [5.74, 6) is 1.14. The van der Waals surface area contributed by atoms with Gasteiger partial charge in [0.1, 0.15) is 17.2 Å². The van der Waals surface area contributed by atoms with E-state index in [1.165, 1.54) is 11.8 Å². The molecular formula is C34H42ClN3O5. The summed E-state index contributed by atoms with van der Waals surface area (Å²) in [4.78, 5) is 34.5. The topological polar surface area (TPSA) is 81.2 Å². The number of ether oxygens (including phenoxy) is 3. The zero-order valence-electron chi connectivity index (χ0n) is 25.9. The lowest BCUT2D eigenvalue weighted by Gasteiger charge is -2.43. The third kappa shape index (κ3) is 8.20. The number of methoxy groups -OCH3 is 1. The Balaban J connectivity index is 1.64. The Morgan fingerprint density at radius 3 is 2.51 bits per heavy atom. The quantitative estimate of drug-likeness (QED) is 0.233. The summed E-state index contributed by atoms with van der Waals surface area (Å²) in [6.45, 7) is 11.6. The van der Waals surface area contributed by atoms with Crippen molar-refractivity contribution in [2.45, 2.75) is 58.6 Å². The summed E-state index contributed by atoms with van der Waals surface area (Å²) in [7, 11) is 1.64. The van der Waals surface area contributed by atoms with Gasteiger partial charge in [0.25, 0.3) is 0 Å². The molecule has 3 aromatic rings. The maximum absolute atomic E-state index is 13.7. The third-order valence-electron chi connectivity index (χ3n) is 7.72. The van der Waals surface area contributed by atoms with Crippen molar-refractivity contribution in [2.75, 3.05) is 38.3 Å². The van der Waals surface area contributed by atoms with Crippen molar-refractivity contribution in [3.63, 3.8) is 0 Å². The average Bonchev–Trinajstić information content (AvgIpc) is 2.99. The molecule has 0 spiro atoms. The molecule has 3 atom stereocenters. The second-order valence-electron chi connectivity index (χ2n) is 11.8. The minimum absolute atomic E-state index is 0.0833. The van der Waals surface area contributed by atoms with Gasteiger partial charge in [0.05, 0.1) is 30.3 Å². The van der Waals surface area contributed by atoms with Crippen LogP contribution in [0.3, 0.4) is 0 Å². The van der Waals surface area contributed by atoms with Crippen molar-refractivity contribution < 1.29 is 23.8 Å². The summed E-state index contributed by atoms with van der Waals surface area (Å²) < 4.78 is 16.5. The average molecular weight is 608 g/mol. The number of pyridine rings is 1. The van der Waals surface area contributed by atoms with Gasteiger partial charge in [-0.15, -0.1) is 0 Å². The molecule has 9 heteroatoms. The van der Waals surface area contributed by atoms with Crippen LogP contribution < -0.4 is 9.64 Å². The fourth-order valence-corrected chi connectivity index (χ4v) is 5.81. The molecule has 1 aliphatic rings. The zero-order valence-corrected chi connectivity index (χ0v) is 26.6. The van der Waals surface area contributed by atoms with Crippen LogP contribution in [0.5, 0.6) is 5.75 Å². The Hall–Kier alpha value is -3.78. The van der Waals surface area contributed by atoms with E-state index in [4.69, 9.17) is 25.8 Å². The van der Waals surface area contributed by atoms with Gasteiger partial charge in [-0.1, -0.05) is 54.1 Å². The van der Waals surface area contributed by atoms with Gasteiger partial charge in [0.2, 0.25) is 0 Å². The third-order valence-corrected chi connectivity index (χ3v) is 8.00. The van der Waals surface area contributed by atoms with Crippen molar-refractivity contribution >= 4 is 29.5 Å². The van der Waals surface area contributed by atoms with Gasteiger partial charge in [-0.05, 0) is 76.3 Å². The fraction of sp³-hybridized carbons (Fsp3) is 0.441. The van der Waals surface area contributed by atoms with Gasteiger partial charge in [-0.2, -0.15) is 0 Å². The molecule has 2 unspecified atom stereocenters. The number of carbonyl (C=O) groups excluding carboxylic acids is 2. The zero-order chi connectivity index (χ0) is 31.1. The first kappa shape index (κ1) is 32.1. The van der Waals surface area contributed by atoms with Crippen LogP contribution in [0.2, 0.25) is 5.02 Å². The minimum Gasteiger partial charge on any atom is -0.497 e. The van der Waals surface area contributed by atoms with Crippen LogP contribution in [0, 0.1) is 5.92 Å². The minimum atomic E-state index is -0.635. The first-order valence-corrected chi connectivity index (χ1v) is 15.1. The van der Waals surface area contributed by atoms with E-state index in [0.29, 0.717) is 36.0 Å². The van der Waals surface area contributed by atoms with Crippen LogP contribution in [0.4, 0.5) is 10.6 Å². The molecule has 1 aliphatic heterocycles. The Kier molecular flexibility index (Phi) is 10.6. The molecule has 1 fully saturated rings. The molecule has 0 radical (unpaired) electrons. The van der Waals surface area contributed by atoms with Crippen LogP contribution >= 0.6 is 11.6 Å². The number of esters is 1. The van der Waals surface area contributed by atoms with Crippen molar-refractivity contribution in [1.82, 2.24) is 9.88 Å². The second kappa shape index (κ2) is 14.1. The van der Waals surface area contributed by atoms with Crippen molar-refractivity contribution in [2.24, 2.45) is 5.92 Å². The van der Waals surface area contributed by atoms with E-state index in [9.17, 15) is 9.59 Å². The smallest absolute Gasteiger partial charge is 0.410 e. The van der Waals surface area contributed by atoms with Crippen molar-refractivity contribution in [3.8, 4) is 5.75 Å². The van der Waals surface area contributed by atoms with E-state index in [1.54, 1.807) is 20.1 Å². The molecule has 2 aromatic carbocycles. The molecule has 230 valence electrons. The second-order valence-corrected chi connectivity index (χ2v) is 12.3. The lowest BCUT2D eigenvalue weighted by molar-refractivity contribution is 0.0119. The first-order valence-electron chi connectivity index (χ1n) is 14.8. The Bertz CT molecular complexity index is 1390. The lowest BCUT2D eigenvalue weighted by Crippen LogP contribution is -2.47. The summed E-state index contributed by atoms with van der Waals surface area (Å²) in [6.07, 6.45) is 1.96. The van der Waals surface area contributed by atoms with Crippen LogP contribution in [0.25, 0.3) is 0 Å². The van der Waals surface area contributed by atoms with Crippen LogP contribution in [0.1, 0.15) is 74.5 Å². The predicted octanol–water partition coefficient (Wildman–Crippen LogP) is 7.53. The van der Waals surface area contributed by atoms with E-state index < -0.39 is 11.6 Å². The summed E-state index contributed by atoms with van der Waals surface area (Å²) in [6, 6.07) is 19.5. The Labute approximate surface area is 259 Å². The Morgan fingerprint density at radius 1 is 1.12 bits per heavy atom. The SMILES string of the molecule is CCOC(=O)c1cnc(N2CCC(CN(C(=O)OC(C)(C)C)[C@H](C)c3cccc(OC)c3)C(c3ccccc3)C2)c(Cl)c1. The number of nitrogens with zero attached hydrogens (tertiary/aromatic N) is 3. The van der Waals surface area contributed by atoms with Crippen molar-refractivity contribution in [3.05, 3.63) is 88.6 Å². The number of benzene rings is 2. The highest BCUT2D eigenvalue weighted by atomic mass is 35.5. The number of anilines is 1. The lowest BCUT2D eigenvalue weighted by atomic mass is 9.80. The molecule has 1 amide bonds. The predicted molar refractivity (Wildman–Crippen MR) is 169 cm³/mol. The Morgan fingerprint density at radius 2 is 1.86 bits per heavy atom. The maximum atomic E-state index is 13.7. The molecule has 0 N–H and O–H groups in total. The number of halogens is 1. The molecule has 1 aromatic heterocycles. The highest BCUT2D eigenvalue weighted by molar-refractivity contribution is 6.33. The highest BCUT2D eigenvalue weighted by Gasteiger charge is 2.36. The molecule has 2 heterocycles. The first-order chi connectivity index (χ1) is 20.5. The summed E-state index contributed by atoms with van der Waals surface area (Å²) in [5.41, 5.74) is 1.83. The van der Waals surface area contributed by atoms with Gasteiger partial charge in [-0.25, -0.2) is 14.6 Å².